The quantitative estimate of drug-likeness (QED) is 0.0321. The van der Waals surface area contributed by atoms with Gasteiger partial charge in [0.2, 0.25) is 5.91 Å². The van der Waals surface area contributed by atoms with Gasteiger partial charge in [-0.2, -0.15) is 0 Å². The van der Waals surface area contributed by atoms with Crippen LogP contribution in [0.5, 0.6) is 0 Å². The monoisotopic (exact) mass is 930 g/mol. The van der Waals surface area contributed by atoms with E-state index in [1.807, 2.05) is 0 Å². The zero-order valence-corrected chi connectivity index (χ0v) is 44.4. The van der Waals surface area contributed by atoms with Crippen LogP contribution >= 0.6 is 0 Å². The Kier molecular flexibility index (Phi) is 54.5. The first-order valence-corrected chi connectivity index (χ1v) is 29.6. The highest BCUT2D eigenvalue weighted by molar-refractivity contribution is 5.76. The highest BCUT2D eigenvalue weighted by atomic mass is 16.5. The number of nitrogens with one attached hydrogen (secondary N) is 1. The second kappa shape index (κ2) is 55.9. The molecule has 390 valence electrons. The van der Waals surface area contributed by atoms with Gasteiger partial charge in [-0.3, -0.25) is 9.59 Å². The Morgan fingerprint density at radius 3 is 1.15 bits per heavy atom. The van der Waals surface area contributed by atoms with Crippen molar-refractivity contribution in [2.24, 2.45) is 0 Å². The fourth-order valence-electron chi connectivity index (χ4n) is 9.24. The molecule has 0 bridgehead atoms. The van der Waals surface area contributed by atoms with Crippen molar-refractivity contribution < 1.29 is 24.5 Å². The third-order valence-corrected chi connectivity index (χ3v) is 13.8. The van der Waals surface area contributed by atoms with Gasteiger partial charge in [0, 0.05) is 12.8 Å². The Morgan fingerprint density at radius 1 is 0.424 bits per heavy atom. The molecule has 0 fully saturated rings. The van der Waals surface area contributed by atoms with Gasteiger partial charge in [-0.25, -0.2) is 0 Å². The largest absolute Gasteiger partial charge is 0.465 e. The van der Waals surface area contributed by atoms with Crippen molar-refractivity contribution in [2.75, 3.05) is 13.2 Å². The van der Waals surface area contributed by atoms with E-state index in [9.17, 15) is 19.8 Å². The number of allylic oxidation sites excluding steroid dienone is 3. The number of carbonyl (C=O) groups excluding carboxylic acids is 2. The molecule has 0 rings (SSSR count). The Morgan fingerprint density at radius 2 is 0.758 bits per heavy atom. The molecule has 0 saturated carbocycles. The number of esters is 1. The first-order valence-electron chi connectivity index (χ1n) is 29.6. The third-order valence-electron chi connectivity index (χ3n) is 13.8. The molecule has 2 unspecified atom stereocenters. The van der Waals surface area contributed by atoms with Crippen LogP contribution in [0.25, 0.3) is 0 Å². The maximum atomic E-state index is 12.5. The van der Waals surface area contributed by atoms with Crippen LogP contribution in [0.3, 0.4) is 0 Å². The second-order valence-electron chi connectivity index (χ2n) is 20.3. The molecule has 1 amide bonds. The van der Waals surface area contributed by atoms with Gasteiger partial charge in [0.1, 0.15) is 0 Å². The van der Waals surface area contributed by atoms with Gasteiger partial charge >= 0.3 is 5.97 Å². The van der Waals surface area contributed by atoms with Crippen LogP contribution in [-0.2, 0) is 14.3 Å². The van der Waals surface area contributed by atoms with E-state index in [2.05, 4.69) is 43.5 Å². The van der Waals surface area contributed by atoms with E-state index in [0.29, 0.717) is 25.9 Å². The normalized spacial score (nSPS) is 12.7. The third kappa shape index (κ3) is 51.7. The maximum absolute atomic E-state index is 12.5. The van der Waals surface area contributed by atoms with E-state index in [0.717, 1.165) is 51.4 Å². The lowest BCUT2D eigenvalue weighted by molar-refractivity contribution is -0.143. The summed E-state index contributed by atoms with van der Waals surface area (Å²) in [7, 11) is 0. The molecule has 0 aromatic rings. The van der Waals surface area contributed by atoms with E-state index < -0.39 is 12.1 Å². The van der Waals surface area contributed by atoms with Crippen molar-refractivity contribution >= 4 is 11.9 Å². The number of hydrogen-bond donors (Lipinski definition) is 3. The summed E-state index contributed by atoms with van der Waals surface area (Å²) < 4.78 is 5.40. The lowest BCUT2D eigenvalue weighted by atomic mass is 10.0. The minimum absolute atomic E-state index is 0.0342. The predicted octanol–water partition coefficient (Wildman–Crippen LogP) is 18.2. The van der Waals surface area contributed by atoms with Crippen molar-refractivity contribution in [1.82, 2.24) is 5.32 Å². The van der Waals surface area contributed by atoms with E-state index >= 15 is 0 Å². The van der Waals surface area contributed by atoms with Gasteiger partial charge in [0.25, 0.3) is 0 Å². The molecule has 2 atom stereocenters. The van der Waals surface area contributed by atoms with Crippen LogP contribution in [0.15, 0.2) is 24.3 Å². The second-order valence-corrected chi connectivity index (χ2v) is 20.3. The minimum atomic E-state index is -0.667. The molecular formula is C60H115NO5. The van der Waals surface area contributed by atoms with Crippen molar-refractivity contribution in [1.29, 1.82) is 0 Å². The first-order chi connectivity index (χ1) is 32.5. The van der Waals surface area contributed by atoms with Crippen molar-refractivity contribution in [3.8, 4) is 0 Å². The van der Waals surface area contributed by atoms with Gasteiger partial charge in [-0.15, -0.1) is 0 Å². The lowest BCUT2D eigenvalue weighted by Crippen LogP contribution is -2.45. The van der Waals surface area contributed by atoms with Crippen LogP contribution in [0.2, 0.25) is 0 Å². The molecule has 0 spiro atoms. The average molecular weight is 931 g/mol. The highest BCUT2D eigenvalue weighted by Gasteiger charge is 2.20. The fourth-order valence-corrected chi connectivity index (χ4v) is 9.24. The summed E-state index contributed by atoms with van der Waals surface area (Å²) in [5.41, 5.74) is 0. The fraction of sp³-hybridized carbons (Fsp3) is 0.900. The van der Waals surface area contributed by atoms with E-state index in [1.165, 1.54) is 238 Å². The molecule has 0 aliphatic rings. The van der Waals surface area contributed by atoms with E-state index in [4.69, 9.17) is 4.74 Å². The number of ether oxygens (including phenoxy) is 1. The van der Waals surface area contributed by atoms with Crippen molar-refractivity contribution in [3.05, 3.63) is 24.3 Å². The zero-order valence-electron chi connectivity index (χ0n) is 44.4. The van der Waals surface area contributed by atoms with Crippen molar-refractivity contribution in [3.63, 3.8) is 0 Å². The summed E-state index contributed by atoms with van der Waals surface area (Å²) in [5.74, 6) is -0.0720. The SMILES string of the molecule is CCCCCCCCCCCCCCCCCCC(O)C(CO)NC(=O)CCCCCCCCCCCCCCCC/C=C\C/C=C\CCOC(=O)CCCCCCCCCCCCCC. The molecule has 3 N–H and O–H groups in total. The molecule has 66 heavy (non-hydrogen) atoms. The van der Waals surface area contributed by atoms with Crippen molar-refractivity contribution in [2.45, 2.75) is 334 Å². The molecule has 0 aliphatic heterocycles. The number of hydrogen-bond acceptors (Lipinski definition) is 5. The first kappa shape index (κ1) is 64.3. The maximum Gasteiger partial charge on any atom is 0.305 e. The average Bonchev–Trinajstić information content (AvgIpc) is 3.32. The van der Waals surface area contributed by atoms with Gasteiger partial charge in [-0.1, -0.05) is 289 Å². The Balaban J connectivity index is 3.45. The van der Waals surface area contributed by atoms with Gasteiger partial charge < -0.3 is 20.3 Å². The molecule has 6 heteroatoms. The van der Waals surface area contributed by atoms with E-state index in [1.54, 1.807) is 0 Å². The molecule has 0 aliphatic carbocycles. The van der Waals surface area contributed by atoms with Gasteiger partial charge in [-0.05, 0) is 44.9 Å². The summed E-state index contributed by atoms with van der Waals surface area (Å²) in [4.78, 5) is 24.5. The van der Waals surface area contributed by atoms with Crippen LogP contribution in [-0.4, -0.2) is 47.4 Å². The summed E-state index contributed by atoms with van der Waals surface area (Å²) in [6.07, 6.45) is 67.6. The molecule has 0 saturated heterocycles. The van der Waals surface area contributed by atoms with Crippen LogP contribution in [0, 0.1) is 0 Å². The van der Waals surface area contributed by atoms with Crippen LogP contribution < -0.4 is 5.32 Å². The number of unbranched alkanes of at least 4 members (excludes halogenated alkanes) is 40. The number of carbonyl (C=O) groups is 2. The van der Waals surface area contributed by atoms with Gasteiger partial charge in [0.05, 0.1) is 25.4 Å². The zero-order chi connectivity index (χ0) is 47.9. The Hall–Kier alpha value is -1.66. The molecular weight excluding hydrogens is 815 g/mol. The number of amides is 1. The summed E-state index contributed by atoms with van der Waals surface area (Å²) in [6, 6.07) is -0.545. The Bertz CT molecular complexity index is 1030. The molecule has 0 heterocycles. The molecule has 6 nitrogen and oxygen atoms in total. The van der Waals surface area contributed by atoms with E-state index in [-0.39, 0.29) is 18.5 Å². The number of aliphatic hydroxyl groups is 2. The van der Waals surface area contributed by atoms with Crippen LogP contribution in [0.4, 0.5) is 0 Å². The number of rotatable bonds is 55. The lowest BCUT2D eigenvalue weighted by Gasteiger charge is -2.22. The molecule has 0 radical (unpaired) electrons. The Labute approximate surface area is 411 Å². The topological polar surface area (TPSA) is 95.9 Å². The standard InChI is InChI=1S/C60H115NO5/c1-3-5-7-9-11-13-15-17-18-26-29-32-36-40-44-48-52-58(63)57(56-62)61-59(64)53-49-45-41-37-33-30-27-24-22-20-19-21-23-25-28-31-35-39-43-47-51-55-66-60(65)54-50-46-42-38-34-16-14-12-10-8-6-4-2/h31,35,43,47,57-58,62-63H,3-30,32-34,36-42,44-46,48-56H2,1-2H3,(H,61,64)/b35-31-,47-43-. The highest BCUT2D eigenvalue weighted by Crippen LogP contribution is 2.17. The van der Waals surface area contributed by atoms with Crippen LogP contribution in [0.1, 0.15) is 322 Å². The smallest absolute Gasteiger partial charge is 0.305 e. The predicted molar refractivity (Wildman–Crippen MR) is 287 cm³/mol. The minimum Gasteiger partial charge on any atom is -0.465 e. The molecule has 0 aromatic heterocycles. The summed E-state index contributed by atoms with van der Waals surface area (Å²) in [5, 5.41) is 23.3. The molecule has 0 aromatic carbocycles. The number of aliphatic hydroxyl groups excluding tert-OH is 2. The summed E-state index contributed by atoms with van der Waals surface area (Å²) in [6.45, 7) is 4.86. The van der Waals surface area contributed by atoms with Gasteiger partial charge in [0.15, 0.2) is 0 Å². The summed E-state index contributed by atoms with van der Waals surface area (Å²) >= 11 is 0.